The molecule has 5 nitrogen and oxygen atoms in total. The van der Waals surface area contributed by atoms with Gasteiger partial charge in [-0.25, -0.2) is 8.78 Å². The van der Waals surface area contributed by atoms with E-state index in [2.05, 4.69) is 11.6 Å². The Morgan fingerprint density at radius 2 is 1.84 bits per heavy atom. The average molecular weight is 474 g/mol. The topological polar surface area (TPSA) is 70.1 Å². The quantitative estimate of drug-likeness (QED) is 0.358. The van der Waals surface area contributed by atoms with E-state index in [1.807, 2.05) is 0 Å². The van der Waals surface area contributed by atoms with Crippen LogP contribution in [0.2, 0.25) is 10.0 Å². The van der Waals surface area contributed by atoms with Gasteiger partial charge in [-0.15, -0.1) is 0 Å². The summed E-state index contributed by atoms with van der Waals surface area (Å²) in [4.78, 5) is 16.3. The third-order valence-electron chi connectivity index (χ3n) is 4.81. The van der Waals surface area contributed by atoms with E-state index in [1.54, 1.807) is 16.7 Å². The van der Waals surface area contributed by atoms with Gasteiger partial charge in [-0.3, -0.25) is 4.79 Å². The summed E-state index contributed by atoms with van der Waals surface area (Å²) in [7, 11) is 0. The second-order valence-electron chi connectivity index (χ2n) is 6.93. The maximum atomic E-state index is 14.4. The van der Waals surface area contributed by atoms with Crippen LogP contribution in [0.25, 0.3) is 17.0 Å². The summed E-state index contributed by atoms with van der Waals surface area (Å²) in [5.74, 6) is -0.942. The van der Waals surface area contributed by atoms with Crippen LogP contribution in [-0.4, -0.2) is 9.55 Å². The molecule has 1 heterocycles. The smallest absolute Gasteiger partial charge is 0.280 e. The van der Waals surface area contributed by atoms with Crippen LogP contribution >= 0.6 is 23.2 Å². The maximum absolute atomic E-state index is 14.4. The number of halogens is 4. The van der Waals surface area contributed by atoms with Gasteiger partial charge in [-0.05, 0) is 42.0 Å². The van der Waals surface area contributed by atoms with Crippen molar-refractivity contribution in [3.8, 4) is 11.5 Å². The minimum Gasteiger partial charge on any atom is -0.454 e. The third kappa shape index (κ3) is 4.17. The van der Waals surface area contributed by atoms with Crippen molar-refractivity contribution in [2.24, 2.45) is 0 Å². The first-order valence-electron chi connectivity index (χ1n) is 9.28. The number of anilines is 1. The Hall–Kier alpha value is -3.42. The zero-order valence-electron chi connectivity index (χ0n) is 16.4. The first-order valence-corrected chi connectivity index (χ1v) is 10.0. The summed E-state index contributed by atoms with van der Waals surface area (Å²) < 4.78 is 35.3. The van der Waals surface area contributed by atoms with E-state index in [0.29, 0.717) is 22.5 Å². The molecule has 0 amide bonds. The summed E-state index contributed by atoms with van der Waals surface area (Å²) in [6.07, 6.45) is 2.67. The number of hydrogen-bond acceptors (Lipinski definition) is 4. The summed E-state index contributed by atoms with van der Waals surface area (Å²) in [6.45, 7) is 3.62. The molecule has 0 saturated carbocycles. The number of nitrogens with zero attached hydrogens (tertiary/aromatic N) is 2. The molecule has 162 valence electrons. The molecule has 0 bridgehead atoms. The summed E-state index contributed by atoms with van der Waals surface area (Å²) in [5.41, 5.74) is 6.59. The number of hydrogen-bond donors (Lipinski definition) is 1. The number of nitrogen functional groups attached to an aromatic ring is 1. The van der Waals surface area contributed by atoms with Crippen molar-refractivity contribution < 1.29 is 13.5 Å². The Labute approximate surface area is 191 Å². The normalized spacial score (nSPS) is 11.0. The van der Waals surface area contributed by atoms with Gasteiger partial charge in [0, 0.05) is 17.3 Å². The van der Waals surface area contributed by atoms with Gasteiger partial charge in [0.1, 0.15) is 17.4 Å². The van der Waals surface area contributed by atoms with Gasteiger partial charge in [0.15, 0.2) is 5.75 Å². The van der Waals surface area contributed by atoms with Gasteiger partial charge in [-0.1, -0.05) is 35.9 Å². The molecule has 1 aromatic heterocycles. The lowest BCUT2D eigenvalue weighted by Crippen LogP contribution is -2.14. The molecule has 0 saturated heterocycles. The highest BCUT2D eigenvalue weighted by molar-refractivity contribution is 6.37. The summed E-state index contributed by atoms with van der Waals surface area (Å²) >= 11 is 12.3. The monoisotopic (exact) mass is 473 g/mol. The molecule has 3 aromatic carbocycles. The zero-order chi connectivity index (χ0) is 23.0. The minimum atomic E-state index is -0.723. The Morgan fingerprint density at radius 1 is 1.12 bits per heavy atom. The minimum absolute atomic E-state index is 0.00701. The van der Waals surface area contributed by atoms with E-state index < -0.39 is 17.2 Å². The predicted octanol–water partition coefficient (Wildman–Crippen LogP) is 6.05. The van der Waals surface area contributed by atoms with E-state index in [4.69, 9.17) is 33.7 Å². The molecule has 0 fully saturated rings. The Kier molecular flexibility index (Phi) is 5.86. The van der Waals surface area contributed by atoms with Gasteiger partial charge in [0.2, 0.25) is 0 Å². The highest BCUT2D eigenvalue weighted by atomic mass is 35.5. The lowest BCUT2D eigenvalue weighted by molar-refractivity contribution is 0.484. The fourth-order valence-electron chi connectivity index (χ4n) is 3.32. The molecule has 4 aromatic rings. The second kappa shape index (κ2) is 8.61. The number of fused-ring (bicyclic) bond motifs is 1. The molecule has 4 rings (SSSR count). The van der Waals surface area contributed by atoms with Gasteiger partial charge in [-0.2, -0.15) is 4.98 Å². The molecule has 0 aliphatic heterocycles. The van der Waals surface area contributed by atoms with E-state index in [9.17, 15) is 13.6 Å². The molecular formula is C23H15Cl2F2N3O2. The lowest BCUT2D eigenvalue weighted by Gasteiger charge is -2.15. The van der Waals surface area contributed by atoms with Crippen LogP contribution in [0.3, 0.4) is 0 Å². The fourth-order valence-corrected chi connectivity index (χ4v) is 3.90. The largest absolute Gasteiger partial charge is 0.454 e. The maximum Gasteiger partial charge on any atom is 0.280 e. The Bertz CT molecular complexity index is 1410. The van der Waals surface area contributed by atoms with Gasteiger partial charge in [0.05, 0.1) is 33.8 Å². The fraction of sp³-hybridized carbons (Fsp3) is 0.0435. The summed E-state index contributed by atoms with van der Waals surface area (Å²) in [6, 6.07) is 9.69. The molecule has 0 atom stereocenters. The number of rotatable bonds is 5. The number of nitrogens with two attached hydrogens (primary N) is 1. The van der Waals surface area contributed by atoms with Crippen molar-refractivity contribution in [3.63, 3.8) is 0 Å². The van der Waals surface area contributed by atoms with Crippen LogP contribution in [0.1, 0.15) is 11.1 Å². The molecule has 0 aliphatic carbocycles. The van der Waals surface area contributed by atoms with Gasteiger partial charge >= 0.3 is 0 Å². The van der Waals surface area contributed by atoms with Gasteiger partial charge < -0.3 is 15.0 Å². The number of aromatic nitrogens is 2. The Morgan fingerprint density at radius 3 is 2.53 bits per heavy atom. The molecule has 32 heavy (non-hydrogen) atoms. The highest BCUT2D eigenvalue weighted by Gasteiger charge is 2.14. The van der Waals surface area contributed by atoms with Crippen molar-refractivity contribution in [1.29, 1.82) is 0 Å². The van der Waals surface area contributed by atoms with Crippen LogP contribution < -0.4 is 16.0 Å². The van der Waals surface area contributed by atoms with Crippen molar-refractivity contribution in [2.75, 3.05) is 5.73 Å². The van der Waals surface area contributed by atoms with Crippen LogP contribution in [0.4, 0.5) is 14.5 Å². The van der Waals surface area contributed by atoms with Crippen molar-refractivity contribution >= 4 is 45.9 Å². The molecule has 9 heteroatoms. The molecular weight excluding hydrogens is 459 g/mol. The highest BCUT2D eigenvalue weighted by Crippen LogP contribution is 2.38. The molecule has 0 aliphatic rings. The van der Waals surface area contributed by atoms with Crippen LogP contribution in [0, 0.1) is 11.6 Å². The Balaban J connectivity index is 1.77. The molecule has 0 unspecified atom stereocenters. The van der Waals surface area contributed by atoms with Crippen LogP contribution in [0.5, 0.6) is 11.5 Å². The van der Waals surface area contributed by atoms with Crippen molar-refractivity contribution in [1.82, 2.24) is 9.55 Å². The summed E-state index contributed by atoms with van der Waals surface area (Å²) in [5, 5.41) is 0.653. The number of ether oxygens (including phenoxy) is 1. The van der Waals surface area contributed by atoms with Crippen molar-refractivity contribution in [2.45, 2.75) is 6.54 Å². The predicted molar refractivity (Wildman–Crippen MR) is 123 cm³/mol. The SMILES string of the molecule is C=Cc1cc(F)cc(F)c1Cn1cnc(=O)c2cc(Oc3c(Cl)cc(N)cc3Cl)ccc21. The van der Waals surface area contributed by atoms with Gasteiger partial charge in [0.25, 0.3) is 5.56 Å². The van der Waals surface area contributed by atoms with E-state index in [-0.39, 0.29) is 33.3 Å². The number of benzene rings is 3. The van der Waals surface area contributed by atoms with Crippen molar-refractivity contribution in [3.05, 3.63) is 98.5 Å². The lowest BCUT2D eigenvalue weighted by atomic mass is 10.1. The average Bonchev–Trinajstić information content (AvgIpc) is 2.74. The standard InChI is InChI=1S/C23H15Cl2F2N3O2/c1-2-12-5-13(26)6-20(27)17(12)10-30-11-29-23(31)16-9-15(3-4-21(16)30)32-22-18(24)7-14(28)8-19(22)25/h2-9,11H,1,10,28H2. The van der Waals surface area contributed by atoms with E-state index in [0.717, 1.165) is 6.07 Å². The van der Waals surface area contributed by atoms with Crippen LogP contribution in [-0.2, 0) is 6.54 Å². The second-order valence-corrected chi connectivity index (χ2v) is 7.75. The first kappa shape index (κ1) is 21.8. The zero-order valence-corrected chi connectivity index (χ0v) is 17.9. The first-order chi connectivity index (χ1) is 15.3. The molecule has 2 N–H and O–H groups in total. The van der Waals surface area contributed by atoms with E-state index in [1.165, 1.54) is 36.7 Å². The van der Waals surface area contributed by atoms with Crippen LogP contribution in [0.15, 0.2) is 60.2 Å². The third-order valence-corrected chi connectivity index (χ3v) is 5.37. The van der Waals surface area contributed by atoms with E-state index >= 15 is 0 Å². The molecule has 0 spiro atoms. The molecule has 0 radical (unpaired) electrons.